The van der Waals surface area contributed by atoms with Crippen molar-refractivity contribution in [3.05, 3.63) is 36.0 Å². The third-order valence-electron chi connectivity index (χ3n) is 3.91. The molecule has 3 rings (SSSR count). The minimum absolute atomic E-state index is 0.233. The van der Waals surface area contributed by atoms with Crippen molar-refractivity contribution in [2.45, 2.75) is 38.2 Å². The van der Waals surface area contributed by atoms with Crippen molar-refractivity contribution in [2.75, 3.05) is 0 Å². The third-order valence-corrected chi connectivity index (χ3v) is 3.91. The molecule has 20 heavy (non-hydrogen) atoms. The highest BCUT2D eigenvalue weighted by Crippen LogP contribution is 2.29. The second-order valence-corrected chi connectivity index (χ2v) is 5.31. The zero-order valence-electron chi connectivity index (χ0n) is 11.1. The Morgan fingerprint density at radius 3 is 2.80 bits per heavy atom. The average Bonchev–Trinajstić information content (AvgIpc) is 3.10. The fourth-order valence-electron chi connectivity index (χ4n) is 2.78. The highest BCUT2D eigenvalue weighted by atomic mass is 19.1. The molecule has 1 atom stereocenters. The standard InChI is InChI=1S/C15H17FN2O2/c16-12-8-4-3-7-11(12)15-17-14(20-18-15)9-13(19)10-5-1-2-6-10/h3-4,7-8,10,13,19H,1-2,5-6,9H2. The monoisotopic (exact) mass is 276 g/mol. The molecule has 1 N–H and O–H groups in total. The fourth-order valence-corrected chi connectivity index (χ4v) is 2.78. The van der Waals surface area contributed by atoms with Crippen LogP contribution in [0.3, 0.4) is 0 Å². The highest BCUT2D eigenvalue weighted by molar-refractivity contribution is 5.54. The maximum Gasteiger partial charge on any atom is 0.229 e. The van der Waals surface area contributed by atoms with E-state index < -0.39 is 6.10 Å². The fraction of sp³-hybridized carbons (Fsp3) is 0.467. The first-order chi connectivity index (χ1) is 9.74. The lowest BCUT2D eigenvalue weighted by Gasteiger charge is -2.14. The molecule has 1 unspecified atom stereocenters. The number of halogens is 1. The smallest absolute Gasteiger partial charge is 0.229 e. The van der Waals surface area contributed by atoms with Gasteiger partial charge < -0.3 is 9.63 Å². The number of aromatic nitrogens is 2. The number of aliphatic hydroxyl groups is 1. The van der Waals surface area contributed by atoms with E-state index in [-0.39, 0.29) is 11.6 Å². The first-order valence-electron chi connectivity index (χ1n) is 6.99. The van der Waals surface area contributed by atoms with Crippen molar-refractivity contribution in [1.29, 1.82) is 0 Å². The molecule has 5 heteroatoms. The molecule has 0 bridgehead atoms. The molecule has 1 fully saturated rings. The molecule has 0 saturated heterocycles. The van der Waals surface area contributed by atoms with Gasteiger partial charge in [-0.05, 0) is 30.9 Å². The van der Waals surface area contributed by atoms with Gasteiger partial charge in [0, 0.05) is 0 Å². The number of rotatable bonds is 4. The maximum absolute atomic E-state index is 13.6. The van der Waals surface area contributed by atoms with Gasteiger partial charge in [0.25, 0.3) is 0 Å². The summed E-state index contributed by atoms with van der Waals surface area (Å²) in [5, 5.41) is 13.9. The number of aliphatic hydroxyl groups excluding tert-OH is 1. The quantitative estimate of drug-likeness (QED) is 0.932. The summed E-state index contributed by atoms with van der Waals surface area (Å²) in [7, 11) is 0. The molecule has 4 nitrogen and oxygen atoms in total. The first-order valence-corrected chi connectivity index (χ1v) is 6.99. The molecule has 0 amide bonds. The van der Waals surface area contributed by atoms with Crippen LogP contribution in [-0.2, 0) is 6.42 Å². The summed E-state index contributed by atoms with van der Waals surface area (Å²) >= 11 is 0. The second-order valence-electron chi connectivity index (χ2n) is 5.31. The summed E-state index contributed by atoms with van der Waals surface area (Å²) in [6, 6.07) is 6.31. The summed E-state index contributed by atoms with van der Waals surface area (Å²) in [6.45, 7) is 0. The molecular weight excluding hydrogens is 259 g/mol. The summed E-state index contributed by atoms with van der Waals surface area (Å²) < 4.78 is 18.7. The molecule has 2 aromatic rings. The molecule has 0 aliphatic heterocycles. The zero-order chi connectivity index (χ0) is 13.9. The van der Waals surface area contributed by atoms with Crippen LogP contribution in [0.4, 0.5) is 4.39 Å². The van der Waals surface area contributed by atoms with Gasteiger partial charge >= 0.3 is 0 Å². The predicted molar refractivity (Wildman–Crippen MR) is 71.4 cm³/mol. The largest absolute Gasteiger partial charge is 0.392 e. The molecule has 1 aliphatic rings. The van der Waals surface area contributed by atoms with Crippen LogP contribution in [0.25, 0.3) is 11.4 Å². The number of hydrogen-bond donors (Lipinski definition) is 1. The van der Waals surface area contributed by atoms with Crippen LogP contribution >= 0.6 is 0 Å². The highest BCUT2D eigenvalue weighted by Gasteiger charge is 2.25. The Morgan fingerprint density at radius 2 is 2.05 bits per heavy atom. The van der Waals surface area contributed by atoms with Gasteiger partial charge in [-0.25, -0.2) is 4.39 Å². The lowest BCUT2D eigenvalue weighted by molar-refractivity contribution is 0.102. The molecular formula is C15H17FN2O2. The lowest BCUT2D eigenvalue weighted by atomic mass is 9.98. The predicted octanol–water partition coefficient (Wildman–Crippen LogP) is 2.97. The van der Waals surface area contributed by atoms with Crippen molar-refractivity contribution in [3.8, 4) is 11.4 Å². The molecule has 106 valence electrons. The molecule has 1 saturated carbocycles. The van der Waals surface area contributed by atoms with Gasteiger partial charge in [0.15, 0.2) is 0 Å². The van der Waals surface area contributed by atoms with Crippen LogP contribution in [0, 0.1) is 11.7 Å². The summed E-state index contributed by atoms with van der Waals surface area (Å²) in [5.41, 5.74) is 0.317. The third kappa shape index (κ3) is 2.72. The molecule has 1 aliphatic carbocycles. The minimum atomic E-state index is -0.452. The number of nitrogens with zero attached hydrogens (tertiary/aromatic N) is 2. The van der Waals surface area contributed by atoms with E-state index in [2.05, 4.69) is 10.1 Å². The van der Waals surface area contributed by atoms with Crippen LogP contribution in [0.15, 0.2) is 28.8 Å². The number of hydrogen-bond acceptors (Lipinski definition) is 4. The van der Waals surface area contributed by atoms with E-state index in [0.29, 0.717) is 23.8 Å². The Balaban J connectivity index is 1.72. The van der Waals surface area contributed by atoms with Crippen molar-refractivity contribution in [2.24, 2.45) is 5.92 Å². The van der Waals surface area contributed by atoms with Crippen LogP contribution in [0.1, 0.15) is 31.6 Å². The summed E-state index contributed by atoms with van der Waals surface area (Å²) in [4.78, 5) is 4.17. The van der Waals surface area contributed by atoms with Crippen LogP contribution < -0.4 is 0 Å². The molecule has 1 aromatic heterocycles. The summed E-state index contributed by atoms with van der Waals surface area (Å²) in [5.74, 6) is 0.536. The van der Waals surface area contributed by atoms with Crippen LogP contribution in [-0.4, -0.2) is 21.4 Å². The molecule has 0 spiro atoms. The first kappa shape index (κ1) is 13.2. The summed E-state index contributed by atoms with van der Waals surface area (Å²) in [6.07, 6.45) is 4.33. The molecule has 1 aromatic carbocycles. The Bertz CT molecular complexity index is 579. The van der Waals surface area contributed by atoms with Gasteiger partial charge in [0.1, 0.15) is 5.82 Å². The average molecular weight is 276 g/mol. The Kier molecular flexibility index (Phi) is 3.78. The van der Waals surface area contributed by atoms with Crippen molar-refractivity contribution in [1.82, 2.24) is 10.1 Å². The van der Waals surface area contributed by atoms with E-state index in [4.69, 9.17) is 4.52 Å². The van der Waals surface area contributed by atoms with Gasteiger partial charge in [-0.2, -0.15) is 4.98 Å². The SMILES string of the molecule is OC(Cc1nc(-c2ccccc2F)no1)C1CCCC1. The van der Waals surface area contributed by atoms with Crippen molar-refractivity contribution < 1.29 is 14.0 Å². The van der Waals surface area contributed by atoms with Gasteiger partial charge in [-0.15, -0.1) is 0 Å². The Morgan fingerprint density at radius 1 is 1.30 bits per heavy atom. The lowest BCUT2D eigenvalue weighted by Crippen LogP contribution is -2.20. The second kappa shape index (κ2) is 5.71. The van der Waals surface area contributed by atoms with E-state index in [0.717, 1.165) is 12.8 Å². The van der Waals surface area contributed by atoms with Gasteiger partial charge in [-0.1, -0.05) is 30.1 Å². The topological polar surface area (TPSA) is 59.2 Å². The van der Waals surface area contributed by atoms with Gasteiger partial charge in [0.05, 0.1) is 18.1 Å². The van der Waals surface area contributed by atoms with E-state index >= 15 is 0 Å². The van der Waals surface area contributed by atoms with E-state index in [1.54, 1.807) is 18.2 Å². The van der Waals surface area contributed by atoms with Crippen molar-refractivity contribution >= 4 is 0 Å². The van der Waals surface area contributed by atoms with Gasteiger partial charge in [0.2, 0.25) is 11.7 Å². The zero-order valence-corrected chi connectivity index (χ0v) is 11.1. The minimum Gasteiger partial charge on any atom is -0.392 e. The maximum atomic E-state index is 13.6. The van der Waals surface area contributed by atoms with Crippen molar-refractivity contribution in [3.63, 3.8) is 0 Å². The van der Waals surface area contributed by atoms with E-state index in [9.17, 15) is 9.50 Å². The normalized spacial score (nSPS) is 17.5. The molecule has 1 heterocycles. The van der Waals surface area contributed by atoms with E-state index in [1.165, 1.54) is 18.9 Å². The van der Waals surface area contributed by atoms with Crippen LogP contribution in [0.2, 0.25) is 0 Å². The van der Waals surface area contributed by atoms with Crippen LogP contribution in [0.5, 0.6) is 0 Å². The number of benzene rings is 1. The molecule has 0 radical (unpaired) electrons. The van der Waals surface area contributed by atoms with E-state index in [1.807, 2.05) is 0 Å². The Labute approximate surface area is 116 Å². The Hall–Kier alpha value is -1.75. The van der Waals surface area contributed by atoms with Gasteiger partial charge in [-0.3, -0.25) is 0 Å².